The van der Waals surface area contributed by atoms with Crippen LogP contribution < -0.4 is 5.73 Å². The molecule has 0 aliphatic heterocycles. The molecule has 0 fully saturated rings. The first-order valence-electron chi connectivity index (χ1n) is 5.80. The summed E-state index contributed by atoms with van der Waals surface area (Å²) in [7, 11) is -2.34. The summed E-state index contributed by atoms with van der Waals surface area (Å²) < 4.78 is 66.7. The third-order valence-electron chi connectivity index (χ3n) is 2.90. The minimum atomic E-state index is -4.56. The van der Waals surface area contributed by atoms with E-state index in [2.05, 4.69) is 0 Å². The molecule has 0 saturated heterocycles. The summed E-state index contributed by atoms with van der Waals surface area (Å²) in [6.07, 6.45) is -4.32. The summed E-state index contributed by atoms with van der Waals surface area (Å²) in [4.78, 5) is -0.283. The van der Waals surface area contributed by atoms with Gasteiger partial charge < -0.3 is 10.5 Å². The maximum atomic E-state index is 12.5. The molecule has 114 valence electrons. The zero-order valence-electron chi connectivity index (χ0n) is 11.1. The van der Waals surface area contributed by atoms with Gasteiger partial charge in [-0.25, -0.2) is 8.42 Å². The number of methoxy groups -OCH3 is 1. The average molecular weight is 311 g/mol. The second-order valence-corrected chi connectivity index (χ2v) is 6.72. The molecule has 1 rings (SSSR count). The number of nitrogens with two attached hydrogens (primary N) is 1. The van der Waals surface area contributed by atoms with Crippen molar-refractivity contribution in [3.8, 4) is 0 Å². The Kier molecular flexibility index (Phi) is 5.04. The van der Waals surface area contributed by atoms with Crippen LogP contribution in [-0.2, 0) is 20.8 Å². The molecule has 0 spiro atoms. The molecule has 1 unspecified atom stereocenters. The Bertz CT molecular complexity index is 570. The number of hydrogen-bond donors (Lipinski definition) is 1. The first kappa shape index (κ1) is 16.8. The van der Waals surface area contributed by atoms with Crippen LogP contribution in [0.3, 0.4) is 0 Å². The van der Waals surface area contributed by atoms with Gasteiger partial charge >= 0.3 is 6.18 Å². The number of benzene rings is 1. The van der Waals surface area contributed by atoms with E-state index in [0.717, 1.165) is 6.07 Å². The summed E-state index contributed by atoms with van der Waals surface area (Å²) in [6, 6.07) is 2.25. The van der Waals surface area contributed by atoms with Crippen molar-refractivity contribution >= 4 is 15.5 Å². The van der Waals surface area contributed by atoms with Gasteiger partial charge in [-0.15, -0.1) is 0 Å². The van der Waals surface area contributed by atoms with Gasteiger partial charge in [-0.2, -0.15) is 13.2 Å². The molecule has 2 N–H and O–H groups in total. The van der Waals surface area contributed by atoms with Crippen LogP contribution in [0.15, 0.2) is 23.1 Å². The van der Waals surface area contributed by atoms with Crippen LogP contribution in [0.25, 0.3) is 0 Å². The van der Waals surface area contributed by atoms with Gasteiger partial charge in [0.1, 0.15) is 0 Å². The fraction of sp³-hybridized carbons (Fsp3) is 0.500. The topological polar surface area (TPSA) is 69.4 Å². The molecule has 0 saturated carbocycles. The number of hydrogen-bond acceptors (Lipinski definition) is 4. The number of anilines is 1. The van der Waals surface area contributed by atoms with Crippen LogP contribution >= 0.6 is 0 Å². The number of rotatable bonds is 5. The summed E-state index contributed by atoms with van der Waals surface area (Å²) in [6.45, 7) is 1.70. The van der Waals surface area contributed by atoms with Gasteiger partial charge in [0, 0.05) is 13.7 Å². The normalized spacial score (nSPS) is 14.2. The van der Waals surface area contributed by atoms with E-state index in [1.807, 2.05) is 0 Å². The van der Waals surface area contributed by atoms with Crippen molar-refractivity contribution in [1.29, 1.82) is 0 Å². The molecule has 0 aliphatic rings. The predicted molar refractivity (Wildman–Crippen MR) is 69.0 cm³/mol. The molecule has 0 aliphatic carbocycles. The van der Waals surface area contributed by atoms with Crippen molar-refractivity contribution < 1.29 is 26.3 Å². The molecule has 0 aromatic heterocycles. The van der Waals surface area contributed by atoms with Crippen molar-refractivity contribution in [2.75, 3.05) is 19.5 Å². The number of sulfone groups is 1. The minimum Gasteiger partial charge on any atom is -0.398 e. The Labute approximate surface area is 115 Å². The minimum absolute atomic E-state index is 0.235. The molecular formula is C12H16F3NO3S. The molecule has 1 aromatic carbocycles. The van der Waals surface area contributed by atoms with Crippen molar-refractivity contribution in [2.24, 2.45) is 0 Å². The highest BCUT2D eigenvalue weighted by atomic mass is 32.2. The summed E-state index contributed by atoms with van der Waals surface area (Å²) >= 11 is 0. The third-order valence-corrected chi connectivity index (χ3v) is 5.18. The van der Waals surface area contributed by atoms with E-state index in [0.29, 0.717) is 12.1 Å². The van der Waals surface area contributed by atoms with Crippen LogP contribution in [0.5, 0.6) is 0 Å². The van der Waals surface area contributed by atoms with Crippen LogP contribution in [0, 0.1) is 0 Å². The zero-order valence-corrected chi connectivity index (χ0v) is 11.9. The van der Waals surface area contributed by atoms with Gasteiger partial charge in [0.25, 0.3) is 0 Å². The Balaban J connectivity index is 3.14. The second kappa shape index (κ2) is 6.01. The number of alkyl halides is 3. The Hall–Kier alpha value is -1.28. The van der Waals surface area contributed by atoms with Crippen molar-refractivity contribution in [2.45, 2.75) is 29.7 Å². The lowest BCUT2D eigenvalue weighted by molar-refractivity contribution is -0.137. The summed E-state index contributed by atoms with van der Waals surface area (Å²) in [5.41, 5.74) is 4.09. The first-order chi connectivity index (χ1) is 9.10. The first-order valence-corrected chi connectivity index (χ1v) is 7.35. The lowest BCUT2D eigenvalue weighted by atomic mass is 10.2. The number of ether oxygens (including phenoxy) is 1. The van der Waals surface area contributed by atoms with E-state index in [-0.39, 0.29) is 17.9 Å². The maximum absolute atomic E-state index is 12.5. The Morgan fingerprint density at radius 2 is 1.95 bits per heavy atom. The molecule has 0 radical (unpaired) electrons. The molecule has 0 amide bonds. The van der Waals surface area contributed by atoms with Gasteiger partial charge in [0.15, 0.2) is 9.84 Å². The fourth-order valence-corrected chi connectivity index (χ4v) is 3.12. The standard InChI is InChI=1S/C12H16F3NO3S/c1-8(5-6-19-2)20(17,18)11-4-3-9(7-10(11)16)12(13,14)15/h3-4,7-8H,5-6,16H2,1-2H3. The highest BCUT2D eigenvalue weighted by Crippen LogP contribution is 2.33. The molecular weight excluding hydrogens is 295 g/mol. The van der Waals surface area contributed by atoms with E-state index in [9.17, 15) is 21.6 Å². The maximum Gasteiger partial charge on any atom is 0.416 e. The van der Waals surface area contributed by atoms with Crippen molar-refractivity contribution in [1.82, 2.24) is 0 Å². The van der Waals surface area contributed by atoms with Crippen molar-refractivity contribution in [3.05, 3.63) is 23.8 Å². The van der Waals surface area contributed by atoms with Gasteiger partial charge in [-0.3, -0.25) is 0 Å². The third kappa shape index (κ3) is 3.63. The van der Waals surface area contributed by atoms with Crippen LogP contribution in [-0.4, -0.2) is 27.4 Å². The predicted octanol–water partition coefficient (Wildman–Crippen LogP) is 2.49. The van der Waals surface area contributed by atoms with Crippen LogP contribution in [0.1, 0.15) is 18.9 Å². The van der Waals surface area contributed by atoms with Crippen LogP contribution in [0.2, 0.25) is 0 Å². The molecule has 4 nitrogen and oxygen atoms in total. The highest BCUT2D eigenvalue weighted by molar-refractivity contribution is 7.92. The van der Waals surface area contributed by atoms with Gasteiger partial charge in [-0.1, -0.05) is 0 Å². The van der Waals surface area contributed by atoms with E-state index in [4.69, 9.17) is 10.5 Å². The lowest BCUT2D eigenvalue weighted by Crippen LogP contribution is -2.21. The molecule has 1 aromatic rings. The van der Waals surface area contributed by atoms with E-state index in [1.54, 1.807) is 0 Å². The Morgan fingerprint density at radius 3 is 2.40 bits per heavy atom. The molecule has 1 atom stereocenters. The van der Waals surface area contributed by atoms with Gasteiger partial charge in [-0.05, 0) is 31.5 Å². The molecule has 0 bridgehead atoms. The number of nitrogen functional groups attached to an aromatic ring is 1. The lowest BCUT2D eigenvalue weighted by Gasteiger charge is -2.15. The largest absolute Gasteiger partial charge is 0.416 e. The molecule has 8 heteroatoms. The second-order valence-electron chi connectivity index (χ2n) is 4.39. The smallest absolute Gasteiger partial charge is 0.398 e. The molecule has 0 heterocycles. The van der Waals surface area contributed by atoms with Gasteiger partial charge in [0.05, 0.1) is 21.4 Å². The van der Waals surface area contributed by atoms with Crippen LogP contribution in [0.4, 0.5) is 18.9 Å². The average Bonchev–Trinajstić information content (AvgIpc) is 2.34. The Morgan fingerprint density at radius 1 is 1.35 bits per heavy atom. The summed E-state index contributed by atoms with van der Waals surface area (Å²) in [5, 5.41) is -0.790. The SMILES string of the molecule is COCCC(C)S(=O)(=O)c1ccc(C(F)(F)F)cc1N. The van der Waals surface area contributed by atoms with E-state index < -0.39 is 32.5 Å². The fourth-order valence-electron chi connectivity index (χ4n) is 1.64. The highest BCUT2D eigenvalue weighted by Gasteiger charge is 2.32. The quantitative estimate of drug-likeness (QED) is 0.848. The number of halogens is 3. The van der Waals surface area contributed by atoms with E-state index >= 15 is 0 Å². The summed E-state index contributed by atoms with van der Waals surface area (Å²) in [5.74, 6) is 0. The van der Waals surface area contributed by atoms with Gasteiger partial charge in [0.2, 0.25) is 0 Å². The zero-order chi connectivity index (χ0) is 15.6. The van der Waals surface area contributed by atoms with E-state index in [1.165, 1.54) is 14.0 Å². The molecule has 20 heavy (non-hydrogen) atoms. The van der Waals surface area contributed by atoms with Crippen molar-refractivity contribution in [3.63, 3.8) is 0 Å². The monoisotopic (exact) mass is 311 g/mol.